The van der Waals surface area contributed by atoms with E-state index in [9.17, 15) is 14.4 Å². The maximum atomic E-state index is 12.6. The van der Waals surface area contributed by atoms with Gasteiger partial charge < -0.3 is 10.6 Å². The molecule has 2 fully saturated rings. The first-order valence-corrected chi connectivity index (χ1v) is 9.14. The van der Waals surface area contributed by atoms with Crippen LogP contribution >= 0.6 is 15.9 Å². The zero-order chi connectivity index (χ0) is 18.0. The minimum Gasteiger partial charge on any atom is -0.376 e. The van der Waals surface area contributed by atoms with Gasteiger partial charge in [0.05, 0.1) is 6.54 Å². The van der Waals surface area contributed by atoms with Crippen molar-refractivity contribution in [3.63, 3.8) is 0 Å². The van der Waals surface area contributed by atoms with Gasteiger partial charge in [-0.25, -0.2) is 4.79 Å². The normalized spacial score (nSPS) is 25.8. The van der Waals surface area contributed by atoms with Crippen molar-refractivity contribution in [1.29, 1.82) is 0 Å². The highest BCUT2D eigenvalue weighted by atomic mass is 79.9. The average Bonchev–Trinajstić information content (AvgIpc) is 2.82. The Morgan fingerprint density at radius 1 is 1.28 bits per heavy atom. The lowest BCUT2D eigenvalue weighted by atomic mass is 9.77. The molecule has 0 atom stereocenters. The van der Waals surface area contributed by atoms with Crippen LogP contribution < -0.4 is 16.1 Å². The zero-order valence-electron chi connectivity index (χ0n) is 14.0. The van der Waals surface area contributed by atoms with E-state index in [0.29, 0.717) is 18.8 Å². The third-order valence-electron chi connectivity index (χ3n) is 4.82. The Bertz CT molecular complexity index is 684. The third kappa shape index (κ3) is 3.78. The molecule has 1 spiro atoms. The lowest BCUT2D eigenvalue weighted by Gasteiger charge is -2.33. The Morgan fingerprint density at radius 2 is 1.92 bits per heavy atom. The molecule has 2 aliphatic rings. The fourth-order valence-corrected chi connectivity index (χ4v) is 3.49. The Hall–Kier alpha value is -2.09. The number of halogens is 1. The number of hydrogen-bond donors (Lipinski definition) is 3. The van der Waals surface area contributed by atoms with Crippen molar-refractivity contribution in [3.05, 3.63) is 28.7 Å². The highest BCUT2D eigenvalue weighted by Gasteiger charge is 2.52. The minimum absolute atomic E-state index is 0.0390. The van der Waals surface area contributed by atoms with Gasteiger partial charge in [0.1, 0.15) is 5.54 Å². The molecular weight excluding hydrogens is 388 g/mol. The number of hydrogen-bond acceptors (Lipinski definition) is 4. The quantitative estimate of drug-likeness (QED) is 0.667. The first-order valence-electron chi connectivity index (χ1n) is 8.35. The van der Waals surface area contributed by atoms with Gasteiger partial charge in [-0.05, 0) is 55.9 Å². The van der Waals surface area contributed by atoms with E-state index in [-0.39, 0.29) is 12.5 Å². The summed E-state index contributed by atoms with van der Waals surface area (Å²) < 4.78 is 0.939. The number of rotatable bonds is 4. The number of imide groups is 1. The number of benzene rings is 1. The van der Waals surface area contributed by atoms with Crippen molar-refractivity contribution in [3.8, 4) is 0 Å². The van der Waals surface area contributed by atoms with E-state index in [0.717, 1.165) is 28.0 Å². The molecule has 25 heavy (non-hydrogen) atoms. The Morgan fingerprint density at radius 3 is 2.56 bits per heavy atom. The summed E-state index contributed by atoms with van der Waals surface area (Å²) in [5, 5.41) is 6.54. The summed E-state index contributed by atoms with van der Waals surface area (Å²) in [5.74, 6) is -0.261. The average molecular weight is 409 g/mol. The van der Waals surface area contributed by atoms with Crippen LogP contribution in [0.25, 0.3) is 0 Å². The smallest absolute Gasteiger partial charge is 0.344 e. The summed E-state index contributed by atoms with van der Waals surface area (Å²) in [4.78, 5) is 36.9. The lowest BCUT2D eigenvalue weighted by molar-refractivity contribution is -0.139. The molecule has 134 valence electrons. The fourth-order valence-electron chi connectivity index (χ4n) is 3.23. The monoisotopic (exact) mass is 408 g/mol. The maximum Gasteiger partial charge on any atom is 0.344 e. The molecule has 1 aliphatic carbocycles. The van der Waals surface area contributed by atoms with Crippen LogP contribution in [0, 0.1) is 5.92 Å². The zero-order valence-corrected chi connectivity index (χ0v) is 15.6. The second kappa shape index (κ2) is 7.03. The van der Waals surface area contributed by atoms with Crippen molar-refractivity contribution in [2.75, 3.05) is 11.9 Å². The van der Waals surface area contributed by atoms with Crippen LogP contribution in [0.4, 0.5) is 10.5 Å². The molecule has 3 N–H and O–H groups in total. The largest absolute Gasteiger partial charge is 0.376 e. The van der Waals surface area contributed by atoms with Crippen molar-refractivity contribution < 1.29 is 14.4 Å². The molecule has 4 amide bonds. The highest BCUT2D eigenvalue weighted by molar-refractivity contribution is 9.10. The standard InChI is InChI=1S/C17H21BrN4O3/c1-11-6-8-17(9-7-11)15(24)22(16(25)20-17)21-14(23)10-19-13-4-2-12(18)3-5-13/h2-5,11,19H,6-10H2,1H3,(H,20,25)(H,21,23). The van der Waals surface area contributed by atoms with Gasteiger partial charge in [-0.3, -0.25) is 15.0 Å². The third-order valence-corrected chi connectivity index (χ3v) is 5.35. The van der Waals surface area contributed by atoms with Crippen LogP contribution in [-0.4, -0.2) is 34.9 Å². The van der Waals surface area contributed by atoms with Crippen LogP contribution in [-0.2, 0) is 9.59 Å². The highest BCUT2D eigenvalue weighted by Crippen LogP contribution is 2.35. The molecule has 0 unspecified atom stereocenters. The number of amides is 4. The number of nitrogens with zero attached hydrogens (tertiary/aromatic N) is 1. The molecule has 0 bridgehead atoms. The van der Waals surface area contributed by atoms with Gasteiger partial charge >= 0.3 is 6.03 Å². The maximum absolute atomic E-state index is 12.6. The van der Waals surface area contributed by atoms with Gasteiger partial charge in [0.15, 0.2) is 0 Å². The predicted molar refractivity (Wildman–Crippen MR) is 96.5 cm³/mol. The Labute approximate surface area is 154 Å². The van der Waals surface area contributed by atoms with E-state index >= 15 is 0 Å². The molecular formula is C17H21BrN4O3. The van der Waals surface area contributed by atoms with Crippen molar-refractivity contribution in [1.82, 2.24) is 15.8 Å². The van der Waals surface area contributed by atoms with Gasteiger partial charge in [0.25, 0.3) is 11.8 Å². The lowest BCUT2D eigenvalue weighted by Crippen LogP contribution is -2.52. The van der Waals surface area contributed by atoms with Gasteiger partial charge in [0, 0.05) is 10.2 Å². The molecule has 1 aliphatic heterocycles. The minimum atomic E-state index is -0.851. The van der Waals surface area contributed by atoms with Crippen LogP contribution in [0.5, 0.6) is 0 Å². The molecule has 7 nitrogen and oxygen atoms in total. The van der Waals surface area contributed by atoms with E-state index in [1.54, 1.807) is 0 Å². The summed E-state index contributed by atoms with van der Waals surface area (Å²) in [5.41, 5.74) is 2.32. The van der Waals surface area contributed by atoms with Crippen molar-refractivity contribution in [2.24, 2.45) is 5.92 Å². The summed E-state index contributed by atoms with van der Waals surface area (Å²) in [6, 6.07) is 6.79. The number of carbonyl (C=O) groups excluding carboxylic acids is 3. The van der Waals surface area contributed by atoms with Gasteiger partial charge in [-0.1, -0.05) is 22.9 Å². The first kappa shape index (κ1) is 17.7. The van der Waals surface area contributed by atoms with Crippen LogP contribution in [0.3, 0.4) is 0 Å². The number of carbonyl (C=O) groups is 3. The summed E-state index contributed by atoms with van der Waals surface area (Å²) in [6.07, 6.45) is 3.00. The molecule has 1 heterocycles. The number of hydrazine groups is 1. The van der Waals surface area contributed by atoms with E-state index < -0.39 is 17.5 Å². The Balaban J connectivity index is 1.56. The number of anilines is 1. The molecule has 1 aromatic rings. The molecule has 1 saturated carbocycles. The molecule has 0 aromatic heterocycles. The number of urea groups is 1. The van der Waals surface area contributed by atoms with E-state index in [1.807, 2.05) is 24.3 Å². The van der Waals surface area contributed by atoms with Crippen molar-refractivity contribution >= 4 is 39.5 Å². The number of nitrogens with one attached hydrogen (secondary N) is 3. The Kier molecular flexibility index (Phi) is 4.99. The van der Waals surface area contributed by atoms with Crippen LogP contribution in [0.2, 0.25) is 0 Å². The molecule has 8 heteroatoms. The van der Waals surface area contributed by atoms with Crippen molar-refractivity contribution in [2.45, 2.75) is 38.1 Å². The first-order chi connectivity index (χ1) is 11.9. The topological polar surface area (TPSA) is 90.5 Å². The van der Waals surface area contributed by atoms with Crippen LogP contribution in [0.15, 0.2) is 28.7 Å². The van der Waals surface area contributed by atoms with Crippen LogP contribution in [0.1, 0.15) is 32.6 Å². The molecule has 3 rings (SSSR count). The fraction of sp³-hybridized carbons (Fsp3) is 0.471. The summed E-state index contributed by atoms with van der Waals surface area (Å²) in [7, 11) is 0. The SMILES string of the molecule is CC1CCC2(CC1)NC(=O)N(NC(=O)CNc1ccc(Br)cc1)C2=O. The summed E-state index contributed by atoms with van der Waals surface area (Å²) in [6.45, 7) is 2.10. The molecule has 1 aromatic carbocycles. The summed E-state index contributed by atoms with van der Waals surface area (Å²) >= 11 is 3.34. The second-order valence-electron chi connectivity index (χ2n) is 6.73. The van der Waals surface area contributed by atoms with Gasteiger partial charge in [-0.2, -0.15) is 5.01 Å². The molecule has 1 saturated heterocycles. The van der Waals surface area contributed by atoms with E-state index in [2.05, 4.69) is 38.9 Å². The van der Waals surface area contributed by atoms with E-state index in [1.165, 1.54) is 0 Å². The van der Waals surface area contributed by atoms with E-state index in [4.69, 9.17) is 0 Å². The van der Waals surface area contributed by atoms with Gasteiger partial charge in [-0.15, -0.1) is 0 Å². The molecule has 0 radical (unpaired) electrons. The van der Waals surface area contributed by atoms with Gasteiger partial charge in [0.2, 0.25) is 0 Å². The second-order valence-corrected chi connectivity index (χ2v) is 7.65. The predicted octanol–water partition coefficient (Wildman–Crippen LogP) is 2.39.